The molecule has 2 aromatic rings. The van der Waals surface area contributed by atoms with Crippen molar-refractivity contribution in [3.63, 3.8) is 0 Å². The van der Waals surface area contributed by atoms with Crippen LogP contribution in [0, 0.1) is 5.41 Å². The molecule has 0 amide bonds. The Morgan fingerprint density at radius 1 is 1.00 bits per heavy atom. The zero-order valence-corrected chi connectivity index (χ0v) is 17.2. The van der Waals surface area contributed by atoms with Crippen LogP contribution in [-0.2, 0) is 4.79 Å². The summed E-state index contributed by atoms with van der Waals surface area (Å²) in [5, 5.41) is 46.3. The van der Waals surface area contributed by atoms with Crippen molar-refractivity contribution in [3.05, 3.63) is 58.1 Å². The highest BCUT2D eigenvalue weighted by Gasteiger charge is 2.34. The molecule has 0 saturated heterocycles. The van der Waals surface area contributed by atoms with Gasteiger partial charge in [-0.05, 0) is 31.0 Å². The lowest BCUT2D eigenvalue weighted by molar-refractivity contribution is -0.138. The normalized spacial score (nSPS) is 12.5. The fourth-order valence-electron chi connectivity index (χ4n) is 3.07. The third-order valence-electron chi connectivity index (χ3n) is 4.67. The van der Waals surface area contributed by atoms with Crippen LogP contribution >= 0.6 is 0 Å². The third kappa shape index (κ3) is 5.62. The van der Waals surface area contributed by atoms with Gasteiger partial charge in [0.15, 0.2) is 11.7 Å². The van der Waals surface area contributed by atoms with Crippen molar-refractivity contribution in [2.75, 3.05) is 6.54 Å². The summed E-state index contributed by atoms with van der Waals surface area (Å²) in [6.07, 6.45) is 0.975. The molecule has 3 rings (SSSR count). The van der Waals surface area contributed by atoms with Gasteiger partial charge in [0.25, 0.3) is 0 Å². The first kappa shape index (κ1) is 24.8. The zero-order chi connectivity index (χ0) is 24.9. The zero-order valence-electron chi connectivity index (χ0n) is 17.2. The molecule has 12 nitrogen and oxygen atoms in total. The van der Waals surface area contributed by atoms with E-state index in [1.54, 1.807) is 0 Å². The van der Waals surface area contributed by atoms with Crippen molar-refractivity contribution in [1.82, 2.24) is 5.32 Å². The maximum absolute atomic E-state index is 12.4. The monoisotopic (exact) mass is 458 g/mol. The van der Waals surface area contributed by atoms with Gasteiger partial charge in [0.2, 0.25) is 5.78 Å². The van der Waals surface area contributed by atoms with E-state index in [2.05, 4.69) is 5.32 Å². The van der Waals surface area contributed by atoms with Crippen LogP contribution in [-0.4, -0.2) is 62.5 Å². The fraction of sp³-hybridized carbons (Fsp3) is 0.190. The Morgan fingerprint density at radius 2 is 1.64 bits per heavy atom. The number of aliphatic carboxylic acids is 1. The molecule has 0 bridgehead atoms. The molecule has 1 unspecified atom stereocenters. The van der Waals surface area contributed by atoms with Crippen molar-refractivity contribution >= 4 is 29.5 Å². The number of nitrogens with two attached hydrogens (primary N) is 2. The van der Waals surface area contributed by atoms with E-state index in [1.807, 2.05) is 0 Å². The molecular formula is C21H22N4O8. The van der Waals surface area contributed by atoms with Gasteiger partial charge in [-0.25, -0.2) is 4.79 Å². The van der Waals surface area contributed by atoms with Gasteiger partial charge < -0.3 is 37.2 Å². The SMILES string of the molecule is N=C(N)NCCCC(N)C(=O)O.O=C(O)c1cc(O)c2c(c1)C(=O)c1cccc(O)c1C2=O. The minimum Gasteiger partial charge on any atom is -0.507 e. The lowest BCUT2D eigenvalue weighted by Crippen LogP contribution is -2.34. The van der Waals surface area contributed by atoms with Gasteiger partial charge in [-0.2, -0.15) is 0 Å². The Balaban J connectivity index is 0.000000277. The molecule has 0 aliphatic heterocycles. The predicted octanol–water partition coefficient (Wildman–Crippen LogP) is 0.233. The number of carboxylic acids is 2. The number of guanidine groups is 1. The van der Waals surface area contributed by atoms with Crippen molar-refractivity contribution in [2.45, 2.75) is 18.9 Å². The first-order chi connectivity index (χ1) is 15.5. The summed E-state index contributed by atoms with van der Waals surface area (Å²) in [5.41, 5.74) is 9.24. The maximum Gasteiger partial charge on any atom is 0.335 e. The molecular weight excluding hydrogens is 436 g/mol. The number of carbonyl (C=O) groups is 4. The molecule has 12 heteroatoms. The van der Waals surface area contributed by atoms with E-state index in [1.165, 1.54) is 18.2 Å². The first-order valence-electron chi connectivity index (χ1n) is 9.53. The van der Waals surface area contributed by atoms with E-state index < -0.39 is 35.3 Å². The van der Waals surface area contributed by atoms with Gasteiger partial charge in [-0.3, -0.25) is 19.8 Å². The number of hydrogen-bond donors (Lipinski definition) is 8. The van der Waals surface area contributed by atoms with Crippen molar-refractivity contribution in [2.24, 2.45) is 11.5 Å². The highest BCUT2D eigenvalue weighted by atomic mass is 16.4. The molecule has 1 aliphatic carbocycles. The largest absolute Gasteiger partial charge is 0.507 e. The van der Waals surface area contributed by atoms with Gasteiger partial charge in [0.1, 0.15) is 17.5 Å². The van der Waals surface area contributed by atoms with Gasteiger partial charge >= 0.3 is 11.9 Å². The van der Waals surface area contributed by atoms with E-state index in [0.717, 1.165) is 12.1 Å². The predicted molar refractivity (Wildman–Crippen MR) is 115 cm³/mol. The summed E-state index contributed by atoms with van der Waals surface area (Å²) in [7, 11) is 0. The standard InChI is InChI=1S/C15H8O6.C6H14N4O2/c16-9-3-1-2-7-11(9)14(19)12-8(13(7)18)4-6(15(20)21)5-10(12)17;7-4(5(11)12)2-1-3-10-6(8)9/h1-5,16-17H,(H,20,21);4H,1-3,7H2,(H,11,12)(H4,8,9,10). The maximum atomic E-state index is 12.4. The van der Waals surface area contributed by atoms with Crippen molar-refractivity contribution in [3.8, 4) is 11.5 Å². The van der Waals surface area contributed by atoms with E-state index in [4.69, 9.17) is 27.1 Å². The molecule has 0 saturated carbocycles. The van der Waals surface area contributed by atoms with E-state index in [0.29, 0.717) is 19.4 Å². The van der Waals surface area contributed by atoms with Crippen LogP contribution in [0.1, 0.15) is 55.0 Å². The number of hydrogen-bond acceptors (Lipinski definition) is 8. The van der Waals surface area contributed by atoms with Crippen LogP contribution in [0.5, 0.6) is 11.5 Å². The summed E-state index contributed by atoms with van der Waals surface area (Å²) in [6.45, 7) is 0.482. The molecule has 0 aromatic heterocycles. The lowest BCUT2D eigenvalue weighted by atomic mass is 9.82. The number of phenolic OH excluding ortho intramolecular Hbond substituents is 2. The topological polar surface area (TPSA) is 237 Å². The number of fused-ring (bicyclic) bond motifs is 2. The Bertz CT molecular complexity index is 1150. The quantitative estimate of drug-likeness (QED) is 0.141. The lowest BCUT2D eigenvalue weighted by Gasteiger charge is -2.19. The number of phenols is 2. The summed E-state index contributed by atoms with van der Waals surface area (Å²) < 4.78 is 0. The third-order valence-corrected chi connectivity index (χ3v) is 4.67. The molecule has 0 spiro atoms. The van der Waals surface area contributed by atoms with Crippen LogP contribution in [0.25, 0.3) is 0 Å². The molecule has 2 aromatic carbocycles. The molecule has 1 atom stereocenters. The van der Waals surface area contributed by atoms with Crippen LogP contribution < -0.4 is 16.8 Å². The van der Waals surface area contributed by atoms with Crippen molar-refractivity contribution in [1.29, 1.82) is 5.41 Å². The Hall–Kier alpha value is -4.45. The Kier molecular flexibility index (Phi) is 7.70. The molecule has 0 radical (unpaired) electrons. The minimum atomic E-state index is -1.32. The van der Waals surface area contributed by atoms with Gasteiger partial charge in [0.05, 0.1) is 16.7 Å². The number of benzene rings is 2. The molecule has 33 heavy (non-hydrogen) atoms. The number of carbonyl (C=O) groups excluding carboxylic acids is 2. The average molecular weight is 458 g/mol. The molecule has 0 fully saturated rings. The summed E-state index contributed by atoms with van der Waals surface area (Å²) >= 11 is 0. The number of aromatic carboxylic acids is 1. The molecule has 174 valence electrons. The number of rotatable bonds is 6. The smallest absolute Gasteiger partial charge is 0.335 e. The van der Waals surface area contributed by atoms with Gasteiger partial charge in [-0.15, -0.1) is 0 Å². The number of ketones is 2. The average Bonchev–Trinajstić information content (AvgIpc) is 2.74. The number of nitrogens with one attached hydrogen (secondary N) is 2. The van der Waals surface area contributed by atoms with Crippen molar-refractivity contribution < 1.29 is 39.6 Å². The van der Waals surface area contributed by atoms with E-state index in [-0.39, 0.29) is 39.5 Å². The van der Waals surface area contributed by atoms with E-state index >= 15 is 0 Å². The van der Waals surface area contributed by atoms with Crippen LogP contribution in [0.2, 0.25) is 0 Å². The highest BCUT2D eigenvalue weighted by molar-refractivity contribution is 6.30. The van der Waals surface area contributed by atoms with Crippen LogP contribution in [0.15, 0.2) is 30.3 Å². The summed E-state index contributed by atoms with van der Waals surface area (Å²) in [5.74, 6) is -4.73. The van der Waals surface area contributed by atoms with Gasteiger partial charge in [-0.1, -0.05) is 12.1 Å². The van der Waals surface area contributed by atoms with Crippen LogP contribution in [0.4, 0.5) is 0 Å². The first-order valence-corrected chi connectivity index (χ1v) is 9.53. The minimum absolute atomic E-state index is 0.0190. The highest BCUT2D eigenvalue weighted by Crippen LogP contribution is 2.37. The number of carboxylic acid groups (broad SMARTS) is 2. The second kappa shape index (κ2) is 10.2. The Morgan fingerprint density at radius 3 is 2.21 bits per heavy atom. The number of aromatic hydroxyl groups is 2. The second-order valence-corrected chi connectivity index (χ2v) is 7.01. The summed E-state index contributed by atoms with van der Waals surface area (Å²) in [6, 6.07) is 5.16. The second-order valence-electron chi connectivity index (χ2n) is 7.01. The Labute approximate surface area is 187 Å². The molecule has 1 aliphatic rings. The molecule has 0 heterocycles. The van der Waals surface area contributed by atoms with E-state index in [9.17, 15) is 29.4 Å². The van der Waals surface area contributed by atoms with Crippen LogP contribution in [0.3, 0.4) is 0 Å². The fourth-order valence-corrected chi connectivity index (χ4v) is 3.07. The molecule has 10 N–H and O–H groups in total. The van der Waals surface area contributed by atoms with Gasteiger partial charge in [0, 0.05) is 17.7 Å². The summed E-state index contributed by atoms with van der Waals surface area (Å²) in [4.78, 5) is 45.9.